The number of ether oxygens (including phenoxy) is 2. The molecule has 1 fully saturated rings. The maximum Gasteiger partial charge on any atom is 0.305 e. The summed E-state index contributed by atoms with van der Waals surface area (Å²) < 4.78 is 10.3. The van der Waals surface area contributed by atoms with Crippen molar-refractivity contribution in [3.63, 3.8) is 0 Å². The fraction of sp³-hybridized carbons (Fsp3) is 0.846. The Bertz CT molecular complexity index is 278. The first-order valence-electron chi connectivity index (χ1n) is 6.97. The van der Waals surface area contributed by atoms with Gasteiger partial charge in [-0.3, -0.25) is 9.59 Å². The van der Waals surface area contributed by atoms with Gasteiger partial charge in [-0.15, -0.1) is 0 Å². The minimum absolute atomic E-state index is 0.101. The average molecular weight is 272 g/mol. The third-order valence-electron chi connectivity index (χ3n) is 2.92. The molecule has 1 saturated heterocycles. The highest BCUT2D eigenvalue weighted by Gasteiger charge is 2.14. The summed E-state index contributed by atoms with van der Waals surface area (Å²) in [4.78, 5) is 22.5. The number of nitrogens with one attached hydrogen (secondary N) is 2. The number of esters is 1. The molecule has 0 aliphatic carbocycles. The summed E-state index contributed by atoms with van der Waals surface area (Å²) in [6, 6.07) is 0. The minimum atomic E-state index is -0.220. The fourth-order valence-electron chi connectivity index (χ4n) is 1.90. The van der Waals surface area contributed by atoms with E-state index >= 15 is 0 Å². The second-order valence-electron chi connectivity index (χ2n) is 4.52. The Hall–Kier alpha value is -1.14. The lowest BCUT2D eigenvalue weighted by molar-refractivity contribution is -0.143. The zero-order chi connectivity index (χ0) is 13.9. The smallest absolute Gasteiger partial charge is 0.305 e. The second kappa shape index (κ2) is 9.75. The highest BCUT2D eigenvalue weighted by Crippen LogP contribution is 2.06. The molecule has 0 saturated carbocycles. The molecule has 1 aliphatic rings. The zero-order valence-corrected chi connectivity index (χ0v) is 11.6. The molecule has 6 heteroatoms. The third-order valence-corrected chi connectivity index (χ3v) is 2.92. The van der Waals surface area contributed by atoms with E-state index < -0.39 is 0 Å². The van der Waals surface area contributed by atoms with E-state index in [1.807, 2.05) is 0 Å². The number of rotatable bonds is 8. The summed E-state index contributed by atoms with van der Waals surface area (Å²) in [6.07, 6.45) is 3.03. The zero-order valence-electron chi connectivity index (χ0n) is 11.6. The van der Waals surface area contributed by atoms with Gasteiger partial charge in [-0.05, 0) is 39.3 Å². The van der Waals surface area contributed by atoms with Gasteiger partial charge in [0.25, 0.3) is 0 Å². The molecule has 0 unspecified atom stereocenters. The quantitative estimate of drug-likeness (QED) is 0.488. The van der Waals surface area contributed by atoms with Crippen LogP contribution in [0.15, 0.2) is 0 Å². The number of hydrogen-bond donors (Lipinski definition) is 2. The highest BCUT2D eigenvalue weighted by atomic mass is 16.5. The Labute approximate surface area is 114 Å². The molecule has 0 atom stereocenters. The molecule has 0 aromatic rings. The predicted molar refractivity (Wildman–Crippen MR) is 70.7 cm³/mol. The van der Waals surface area contributed by atoms with Gasteiger partial charge in [0.15, 0.2) is 0 Å². The Morgan fingerprint density at radius 3 is 2.74 bits per heavy atom. The lowest BCUT2D eigenvalue weighted by atomic mass is 10.1. The molecule has 2 N–H and O–H groups in total. The van der Waals surface area contributed by atoms with Crippen molar-refractivity contribution in [1.82, 2.24) is 10.6 Å². The molecular formula is C13H24N2O4. The van der Waals surface area contributed by atoms with E-state index in [1.54, 1.807) is 6.92 Å². The average Bonchev–Trinajstić information content (AvgIpc) is 2.43. The maximum atomic E-state index is 11.5. The van der Waals surface area contributed by atoms with E-state index in [0.29, 0.717) is 26.0 Å². The summed E-state index contributed by atoms with van der Waals surface area (Å²) in [7, 11) is 0. The van der Waals surface area contributed by atoms with Crippen molar-refractivity contribution in [1.29, 1.82) is 0 Å². The van der Waals surface area contributed by atoms with Crippen LogP contribution in [-0.4, -0.2) is 50.8 Å². The maximum absolute atomic E-state index is 11.5. The van der Waals surface area contributed by atoms with E-state index in [1.165, 1.54) is 0 Å². The molecule has 0 radical (unpaired) electrons. The van der Waals surface area contributed by atoms with Gasteiger partial charge >= 0.3 is 5.97 Å². The van der Waals surface area contributed by atoms with E-state index in [9.17, 15) is 9.59 Å². The van der Waals surface area contributed by atoms with Gasteiger partial charge in [0.1, 0.15) is 6.61 Å². The molecular weight excluding hydrogens is 248 g/mol. The van der Waals surface area contributed by atoms with Crippen LogP contribution in [0.1, 0.15) is 32.6 Å². The standard InChI is InChI=1S/C13H24N2O4/c1-2-18-13(17)4-3-7-15-12(16)10-19-11-5-8-14-9-6-11/h11,14H,2-10H2,1H3,(H,15,16). The van der Waals surface area contributed by atoms with Crippen LogP contribution >= 0.6 is 0 Å². The number of carbonyl (C=O) groups is 2. The third kappa shape index (κ3) is 7.79. The summed E-state index contributed by atoms with van der Waals surface area (Å²) in [5, 5.41) is 5.97. The van der Waals surface area contributed by atoms with Gasteiger partial charge in [0.05, 0.1) is 12.7 Å². The van der Waals surface area contributed by atoms with Gasteiger partial charge in [-0.25, -0.2) is 0 Å². The molecule has 0 aromatic carbocycles. The Morgan fingerprint density at radius 2 is 2.05 bits per heavy atom. The molecule has 19 heavy (non-hydrogen) atoms. The summed E-state index contributed by atoms with van der Waals surface area (Å²) in [5.41, 5.74) is 0. The molecule has 0 bridgehead atoms. The first kappa shape index (κ1) is 15.9. The summed E-state index contributed by atoms with van der Waals surface area (Å²) >= 11 is 0. The monoisotopic (exact) mass is 272 g/mol. The van der Waals surface area contributed by atoms with Gasteiger partial charge in [0.2, 0.25) is 5.91 Å². The molecule has 6 nitrogen and oxygen atoms in total. The molecule has 110 valence electrons. The predicted octanol–water partition coefficient (Wildman–Crippen LogP) is 0.215. The first-order chi connectivity index (χ1) is 9.22. The van der Waals surface area contributed by atoms with Gasteiger partial charge in [-0.2, -0.15) is 0 Å². The van der Waals surface area contributed by atoms with Crippen LogP contribution in [0.4, 0.5) is 0 Å². The van der Waals surface area contributed by atoms with Crippen LogP contribution in [0, 0.1) is 0 Å². The lowest BCUT2D eigenvalue weighted by Gasteiger charge is -2.22. The Balaban J connectivity index is 1.97. The van der Waals surface area contributed by atoms with Crippen LogP contribution in [-0.2, 0) is 19.1 Å². The summed E-state index contributed by atoms with van der Waals surface area (Å²) in [6.45, 7) is 4.65. The SMILES string of the molecule is CCOC(=O)CCCNC(=O)COC1CCNCC1. The molecule has 0 aromatic heterocycles. The molecule has 0 spiro atoms. The van der Waals surface area contributed by atoms with Gasteiger partial charge < -0.3 is 20.1 Å². The number of carbonyl (C=O) groups excluding carboxylic acids is 2. The van der Waals surface area contributed by atoms with E-state index in [0.717, 1.165) is 25.9 Å². The number of piperidine rings is 1. The summed E-state index contributed by atoms with van der Waals surface area (Å²) in [5.74, 6) is -0.343. The largest absolute Gasteiger partial charge is 0.466 e. The molecule has 1 aliphatic heterocycles. The molecule has 1 heterocycles. The van der Waals surface area contributed by atoms with Crippen LogP contribution in [0.3, 0.4) is 0 Å². The van der Waals surface area contributed by atoms with Crippen LogP contribution in [0.25, 0.3) is 0 Å². The normalized spacial score (nSPS) is 16.1. The topological polar surface area (TPSA) is 76.7 Å². The molecule has 1 rings (SSSR count). The highest BCUT2D eigenvalue weighted by molar-refractivity contribution is 5.77. The van der Waals surface area contributed by atoms with E-state index in [2.05, 4.69) is 10.6 Å². The van der Waals surface area contributed by atoms with E-state index in [-0.39, 0.29) is 24.6 Å². The van der Waals surface area contributed by atoms with Crippen LogP contribution < -0.4 is 10.6 Å². The Kier molecular flexibility index (Phi) is 8.16. The Morgan fingerprint density at radius 1 is 1.32 bits per heavy atom. The van der Waals surface area contributed by atoms with Crippen molar-refractivity contribution in [3.05, 3.63) is 0 Å². The van der Waals surface area contributed by atoms with Gasteiger partial charge in [0, 0.05) is 13.0 Å². The van der Waals surface area contributed by atoms with Crippen molar-refractivity contribution in [2.45, 2.75) is 38.7 Å². The van der Waals surface area contributed by atoms with Crippen molar-refractivity contribution in [3.8, 4) is 0 Å². The minimum Gasteiger partial charge on any atom is -0.466 e. The van der Waals surface area contributed by atoms with E-state index in [4.69, 9.17) is 9.47 Å². The van der Waals surface area contributed by atoms with Gasteiger partial charge in [-0.1, -0.05) is 0 Å². The van der Waals surface area contributed by atoms with Crippen molar-refractivity contribution >= 4 is 11.9 Å². The fourth-order valence-corrected chi connectivity index (χ4v) is 1.90. The number of amides is 1. The second-order valence-corrected chi connectivity index (χ2v) is 4.52. The van der Waals surface area contributed by atoms with Crippen molar-refractivity contribution in [2.24, 2.45) is 0 Å². The van der Waals surface area contributed by atoms with Crippen molar-refractivity contribution < 1.29 is 19.1 Å². The first-order valence-corrected chi connectivity index (χ1v) is 6.97. The van der Waals surface area contributed by atoms with Crippen LogP contribution in [0.2, 0.25) is 0 Å². The van der Waals surface area contributed by atoms with Crippen molar-refractivity contribution in [2.75, 3.05) is 32.8 Å². The number of hydrogen-bond acceptors (Lipinski definition) is 5. The lowest BCUT2D eigenvalue weighted by Crippen LogP contribution is -2.36. The molecule has 1 amide bonds. The van der Waals surface area contributed by atoms with Crippen LogP contribution in [0.5, 0.6) is 0 Å².